The highest BCUT2D eigenvalue weighted by Crippen LogP contribution is 2.33. The van der Waals surface area contributed by atoms with Gasteiger partial charge in [0, 0.05) is 26.1 Å². The summed E-state index contributed by atoms with van der Waals surface area (Å²) in [5, 5.41) is 2.72. The average molecular weight is 349 g/mol. The number of nitrogens with zero attached hydrogens (tertiary/aromatic N) is 1. The molecule has 0 unspecified atom stereocenters. The molecule has 0 saturated carbocycles. The van der Waals surface area contributed by atoms with Gasteiger partial charge < -0.3 is 25.4 Å². The lowest BCUT2D eigenvalue weighted by molar-refractivity contribution is -0.132. The number of ether oxygens (including phenoxy) is 2. The van der Waals surface area contributed by atoms with Crippen LogP contribution in [0.3, 0.4) is 0 Å². The molecular weight excluding hydrogens is 322 g/mol. The summed E-state index contributed by atoms with van der Waals surface area (Å²) in [6.45, 7) is 3.35. The molecule has 0 saturated heterocycles. The molecule has 7 heteroatoms. The van der Waals surface area contributed by atoms with Crippen LogP contribution in [0.5, 0.6) is 11.5 Å². The van der Waals surface area contributed by atoms with Crippen molar-refractivity contribution in [2.75, 3.05) is 27.3 Å². The van der Waals surface area contributed by atoms with Crippen LogP contribution in [0.2, 0.25) is 0 Å². The van der Waals surface area contributed by atoms with E-state index in [1.807, 2.05) is 17.0 Å². The van der Waals surface area contributed by atoms with Crippen LogP contribution in [0.25, 0.3) is 0 Å². The first-order valence-corrected chi connectivity index (χ1v) is 8.51. The van der Waals surface area contributed by atoms with E-state index in [0.29, 0.717) is 44.0 Å². The fourth-order valence-corrected chi connectivity index (χ4v) is 2.87. The van der Waals surface area contributed by atoms with Crippen LogP contribution in [0.1, 0.15) is 30.9 Å². The summed E-state index contributed by atoms with van der Waals surface area (Å²) < 4.78 is 10.7. The Morgan fingerprint density at radius 2 is 1.88 bits per heavy atom. The van der Waals surface area contributed by atoms with Crippen LogP contribution in [-0.4, -0.2) is 50.1 Å². The van der Waals surface area contributed by atoms with Gasteiger partial charge >= 0.3 is 0 Å². The van der Waals surface area contributed by atoms with Gasteiger partial charge in [0.05, 0.1) is 20.3 Å². The highest BCUT2D eigenvalue weighted by Gasteiger charge is 2.22. The lowest BCUT2D eigenvalue weighted by atomic mass is 9.98. The highest BCUT2D eigenvalue weighted by molar-refractivity contribution is 5.81. The van der Waals surface area contributed by atoms with Crippen molar-refractivity contribution in [3.63, 3.8) is 0 Å². The normalized spacial score (nSPS) is 14.5. The van der Waals surface area contributed by atoms with Crippen molar-refractivity contribution in [3.05, 3.63) is 23.3 Å². The zero-order valence-electron chi connectivity index (χ0n) is 15.1. The van der Waals surface area contributed by atoms with Gasteiger partial charge in [0.25, 0.3) is 0 Å². The molecule has 1 aromatic carbocycles. The summed E-state index contributed by atoms with van der Waals surface area (Å²) in [6.07, 6.45) is 1.80. The maximum atomic E-state index is 12.4. The summed E-state index contributed by atoms with van der Waals surface area (Å²) in [6, 6.07) is 3.40. The van der Waals surface area contributed by atoms with Crippen molar-refractivity contribution in [1.82, 2.24) is 10.2 Å². The van der Waals surface area contributed by atoms with Crippen molar-refractivity contribution in [2.24, 2.45) is 5.73 Å². The smallest absolute Gasteiger partial charge is 0.236 e. The molecule has 1 atom stereocenters. The van der Waals surface area contributed by atoms with Gasteiger partial charge in [-0.1, -0.05) is 0 Å². The summed E-state index contributed by atoms with van der Waals surface area (Å²) in [4.78, 5) is 25.6. The Bertz CT molecular complexity index is 631. The number of amides is 2. The minimum absolute atomic E-state index is 0.0930. The standard InChI is InChI=1S/C18H27N3O4/c1-12(19)18(23)20-7-4-5-17(22)21-8-6-13-9-15(24-2)16(25-3)10-14(13)11-21/h9-10,12H,4-8,11,19H2,1-3H3,(H,20,23)/t12-/m0/s1. The van der Waals surface area contributed by atoms with E-state index in [4.69, 9.17) is 15.2 Å². The molecule has 0 aromatic heterocycles. The Kier molecular flexibility index (Phi) is 6.64. The van der Waals surface area contributed by atoms with Crippen LogP contribution in [0.15, 0.2) is 12.1 Å². The lowest BCUT2D eigenvalue weighted by Gasteiger charge is -2.29. The van der Waals surface area contributed by atoms with E-state index in [-0.39, 0.29) is 11.8 Å². The second-order valence-corrected chi connectivity index (χ2v) is 6.22. The number of benzene rings is 1. The van der Waals surface area contributed by atoms with Gasteiger partial charge in [0.15, 0.2) is 11.5 Å². The second kappa shape index (κ2) is 8.71. The predicted octanol–water partition coefficient (Wildman–Crippen LogP) is 0.832. The molecule has 3 N–H and O–H groups in total. The van der Waals surface area contributed by atoms with Crippen molar-refractivity contribution in [1.29, 1.82) is 0 Å². The van der Waals surface area contributed by atoms with Crippen molar-refractivity contribution < 1.29 is 19.1 Å². The van der Waals surface area contributed by atoms with Gasteiger partial charge in [-0.2, -0.15) is 0 Å². The molecule has 0 radical (unpaired) electrons. The molecule has 1 heterocycles. The number of nitrogens with two attached hydrogens (primary N) is 1. The molecule has 0 bridgehead atoms. The second-order valence-electron chi connectivity index (χ2n) is 6.22. The average Bonchev–Trinajstić information content (AvgIpc) is 2.62. The third-order valence-electron chi connectivity index (χ3n) is 4.35. The van der Waals surface area contributed by atoms with E-state index in [0.717, 1.165) is 12.0 Å². The van der Waals surface area contributed by atoms with Crippen LogP contribution < -0.4 is 20.5 Å². The molecule has 1 aliphatic rings. The predicted molar refractivity (Wildman–Crippen MR) is 94.6 cm³/mol. The van der Waals surface area contributed by atoms with Crippen LogP contribution in [0.4, 0.5) is 0 Å². The molecule has 0 spiro atoms. The fourth-order valence-electron chi connectivity index (χ4n) is 2.87. The highest BCUT2D eigenvalue weighted by atomic mass is 16.5. The summed E-state index contributed by atoms with van der Waals surface area (Å²) in [5.74, 6) is 1.29. The molecule has 2 rings (SSSR count). The van der Waals surface area contributed by atoms with E-state index in [1.165, 1.54) is 5.56 Å². The van der Waals surface area contributed by atoms with E-state index in [9.17, 15) is 9.59 Å². The largest absolute Gasteiger partial charge is 0.493 e. The number of carbonyl (C=O) groups is 2. The maximum absolute atomic E-state index is 12.4. The van der Waals surface area contributed by atoms with Crippen molar-refractivity contribution in [3.8, 4) is 11.5 Å². The van der Waals surface area contributed by atoms with Gasteiger partial charge in [-0.3, -0.25) is 9.59 Å². The summed E-state index contributed by atoms with van der Waals surface area (Å²) in [5.41, 5.74) is 7.75. The molecular formula is C18H27N3O4. The molecule has 7 nitrogen and oxygen atoms in total. The van der Waals surface area contributed by atoms with Gasteiger partial charge in [-0.15, -0.1) is 0 Å². The van der Waals surface area contributed by atoms with Crippen molar-refractivity contribution >= 4 is 11.8 Å². The molecule has 1 aromatic rings. The fraction of sp³-hybridized carbons (Fsp3) is 0.556. The van der Waals surface area contributed by atoms with Crippen LogP contribution in [-0.2, 0) is 22.6 Å². The quantitative estimate of drug-likeness (QED) is 0.711. The number of nitrogens with one attached hydrogen (secondary N) is 1. The lowest BCUT2D eigenvalue weighted by Crippen LogP contribution is -2.39. The molecule has 0 aliphatic carbocycles. The number of hydrogen-bond donors (Lipinski definition) is 2. The van der Waals surface area contributed by atoms with E-state index >= 15 is 0 Å². The van der Waals surface area contributed by atoms with Gasteiger partial charge in [0.1, 0.15) is 0 Å². The first kappa shape index (κ1) is 19.1. The number of fused-ring (bicyclic) bond motifs is 1. The number of carbonyl (C=O) groups excluding carboxylic acids is 2. The Hall–Kier alpha value is -2.28. The Morgan fingerprint density at radius 3 is 2.48 bits per heavy atom. The maximum Gasteiger partial charge on any atom is 0.236 e. The minimum Gasteiger partial charge on any atom is -0.493 e. The topological polar surface area (TPSA) is 93.9 Å². The summed E-state index contributed by atoms with van der Waals surface area (Å²) in [7, 11) is 3.22. The van der Waals surface area contributed by atoms with Crippen molar-refractivity contribution in [2.45, 2.75) is 38.8 Å². The van der Waals surface area contributed by atoms with E-state index < -0.39 is 6.04 Å². The third kappa shape index (κ3) is 4.85. The SMILES string of the molecule is COc1cc2c(cc1OC)CN(C(=O)CCCNC(=O)[C@H](C)N)CC2. The van der Waals surface area contributed by atoms with Gasteiger partial charge in [0.2, 0.25) is 11.8 Å². The Labute approximate surface area is 148 Å². The molecule has 25 heavy (non-hydrogen) atoms. The monoisotopic (exact) mass is 349 g/mol. The van der Waals surface area contributed by atoms with Gasteiger partial charge in [-0.05, 0) is 43.0 Å². The number of rotatable bonds is 7. The van der Waals surface area contributed by atoms with E-state index in [2.05, 4.69) is 5.32 Å². The molecule has 2 amide bonds. The summed E-state index contributed by atoms with van der Waals surface area (Å²) >= 11 is 0. The van der Waals surface area contributed by atoms with Crippen LogP contribution >= 0.6 is 0 Å². The van der Waals surface area contributed by atoms with Gasteiger partial charge in [-0.25, -0.2) is 0 Å². The van der Waals surface area contributed by atoms with E-state index in [1.54, 1.807) is 21.1 Å². The van der Waals surface area contributed by atoms with Crippen LogP contribution in [0, 0.1) is 0 Å². The minimum atomic E-state index is -0.527. The first-order chi connectivity index (χ1) is 12.0. The molecule has 1 aliphatic heterocycles. The first-order valence-electron chi connectivity index (χ1n) is 8.51. The zero-order valence-corrected chi connectivity index (χ0v) is 15.1. The molecule has 0 fully saturated rings. The number of methoxy groups -OCH3 is 2. The number of hydrogen-bond acceptors (Lipinski definition) is 5. The Morgan fingerprint density at radius 1 is 1.24 bits per heavy atom. The third-order valence-corrected chi connectivity index (χ3v) is 4.35. The molecule has 138 valence electrons. The zero-order chi connectivity index (χ0) is 18.4. The Balaban J connectivity index is 1.89.